The van der Waals surface area contributed by atoms with Gasteiger partial charge in [-0.3, -0.25) is 0 Å². The average Bonchev–Trinajstić information content (AvgIpc) is 2.76. The second-order valence-corrected chi connectivity index (χ2v) is 4.44. The second kappa shape index (κ2) is 5.02. The fourth-order valence-corrected chi connectivity index (χ4v) is 2.35. The number of rotatable bonds is 3. The molecule has 0 saturated carbocycles. The molecule has 1 N–H and O–H groups in total. The average molecular weight is 239 g/mol. The molecule has 1 saturated heterocycles. The minimum absolute atomic E-state index is 0.195. The minimum Gasteiger partial charge on any atom is -0.389 e. The van der Waals surface area contributed by atoms with Crippen LogP contribution in [0.25, 0.3) is 0 Å². The van der Waals surface area contributed by atoms with Crippen molar-refractivity contribution in [3.05, 3.63) is 29.6 Å². The molecule has 1 heterocycles. The Hall–Kier alpha value is -1.13. The van der Waals surface area contributed by atoms with Crippen molar-refractivity contribution in [2.75, 3.05) is 25.1 Å². The zero-order chi connectivity index (χ0) is 12.4. The first kappa shape index (κ1) is 12.3. The maximum absolute atomic E-state index is 13.7. The van der Waals surface area contributed by atoms with Crippen molar-refractivity contribution in [3.8, 4) is 0 Å². The third-order valence-electron chi connectivity index (χ3n) is 3.27. The van der Waals surface area contributed by atoms with E-state index in [0.29, 0.717) is 5.56 Å². The van der Waals surface area contributed by atoms with E-state index < -0.39 is 6.10 Å². The number of hydrogen-bond donors (Lipinski definition) is 1. The Kier molecular flexibility index (Phi) is 3.64. The number of hydrogen-bond acceptors (Lipinski definition) is 3. The van der Waals surface area contributed by atoms with Gasteiger partial charge in [-0.1, -0.05) is 6.07 Å². The van der Waals surface area contributed by atoms with Gasteiger partial charge in [0.2, 0.25) is 0 Å². The molecule has 1 aromatic rings. The van der Waals surface area contributed by atoms with Crippen LogP contribution in [0.1, 0.15) is 25.0 Å². The van der Waals surface area contributed by atoms with Gasteiger partial charge in [0.25, 0.3) is 0 Å². The highest BCUT2D eigenvalue weighted by Gasteiger charge is 2.26. The molecule has 3 nitrogen and oxygen atoms in total. The zero-order valence-electron chi connectivity index (χ0n) is 10.2. The SMILES string of the molecule is COC1CCN(c2cccc(F)c2C(C)O)C1. The van der Waals surface area contributed by atoms with E-state index in [1.807, 2.05) is 6.07 Å². The van der Waals surface area contributed by atoms with Gasteiger partial charge in [-0.25, -0.2) is 4.39 Å². The van der Waals surface area contributed by atoms with Crippen LogP contribution in [0.5, 0.6) is 0 Å². The lowest BCUT2D eigenvalue weighted by Gasteiger charge is -2.23. The Morgan fingerprint density at radius 3 is 2.88 bits per heavy atom. The number of anilines is 1. The Balaban J connectivity index is 2.29. The van der Waals surface area contributed by atoms with Crippen molar-refractivity contribution in [3.63, 3.8) is 0 Å². The Morgan fingerprint density at radius 1 is 1.53 bits per heavy atom. The molecule has 0 aliphatic carbocycles. The predicted octanol–water partition coefficient (Wildman–Crippen LogP) is 2.10. The van der Waals surface area contributed by atoms with Crippen LogP contribution in [-0.4, -0.2) is 31.4 Å². The number of nitrogens with zero attached hydrogens (tertiary/aromatic N) is 1. The van der Waals surface area contributed by atoms with E-state index in [-0.39, 0.29) is 11.9 Å². The normalized spacial score (nSPS) is 21.9. The Labute approximate surface area is 101 Å². The highest BCUT2D eigenvalue weighted by atomic mass is 19.1. The molecule has 17 heavy (non-hydrogen) atoms. The van der Waals surface area contributed by atoms with E-state index in [9.17, 15) is 9.50 Å². The van der Waals surface area contributed by atoms with Gasteiger partial charge in [0.1, 0.15) is 5.82 Å². The molecule has 2 rings (SSSR count). The molecule has 0 spiro atoms. The number of methoxy groups -OCH3 is 1. The highest BCUT2D eigenvalue weighted by molar-refractivity contribution is 5.56. The number of halogens is 1. The molecule has 2 unspecified atom stereocenters. The summed E-state index contributed by atoms with van der Waals surface area (Å²) in [6.07, 6.45) is 0.333. The van der Waals surface area contributed by atoms with E-state index in [0.717, 1.165) is 25.2 Å². The molecular formula is C13H18FNO2. The van der Waals surface area contributed by atoms with Crippen LogP contribution in [0.3, 0.4) is 0 Å². The van der Waals surface area contributed by atoms with E-state index >= 15 is 0 Å². The first-order chi connectivity index (χ1) is 8.13. The van der Waals surface area contributed by atoms with Crippen molar-refractivity contribution < 1.29 is 14.2 Å². The van der Waals surface area contributed by atoms with E-state index in [1.54, 1.807) is 20.1 Å². The fourth-order valence-electron chi connectivity index (χ4n) is 2.35. The van der Waals surface area contributed by atoms with Crippen LogP contribution in [0, 0.1) is 5.82 Å². The van der Waals surface area contributed by atoms with Gasteiger partial charge in [-0.05, 0) is 25.5 Å². The van der Waals surface area contributed by atoms with Gasteiger partial charge >= 0.3 is 0 Å². The predicted molar refractivity (Wildman–Crippen MR) is 64.7 cm³/mol. The smallest absolute Gasteiger partial charge is 0.131 e. The summed E-state index contributed by atoms with van der Waals surface area (Å²) < 4.78 is 19.0. The quantitative estimate of drug-likeness (QED) is 0.876. The minimum atomic E-state index is -0.798. The molecule has 1 aliphatic rings. The molecule has 1 aliphatic heterocycles. The van der Waals surface area contributed by atoms with Crippen molar-refractivity contribution in [2.24, 2.45) is 0 Å². The van der Waals surface area contributed by atoms with Crippen LogP contribution in [0.4, 0.5) is 10.1 Å². The van der Waals surface area contributed by atoms with Crippen LogP contribution in [0.15, 0.2) is 18.2 Å². The topological polar surface area (TPSA) is 32.7 Å². The van der Waals surface area contributed by atoms with Crippen LogP contribution in [0.2, 0.25) is 0 Å². The third kappa shape index (κ3) is 2.42. The summed E-state index contributed by atoms with van der Waals surface area (Å²) in [5.41, 5.74) is 1.16. The van der Waals surface area contributed by atoms with E-state index in [4.69, 9.17) is 4.74 Å². The van der Waals surface area contributed by atoms with E-state index in [2.05, 4.69) is 4.90 Å². The number of ether oxygens (including phenoxy) is 1. The lowest BCUT2D eigenvalue weighted by atomic mass is 10.1. The molecule has 94 valence electrons. The van der Waals surface area contributed by atoms with Crippen molar-refractivity contribution >= 4 is 5.69 Å². The molecule has 0 amide bonds. The molecule has 1 aromatic carbocycles. The molecule has 0 bridgehead atoms. The maximum atomic E-state index is 13.7. The van der Waals surface area contributed by atoms with Crippen LogP contribution >= 0.6 is 0 Å². The fraction of sp³-hybridized carbons (Fsp3) is 0.538. The van der Waals surface area contributed by atoms with Crippen LogP contribution in [-0.2, 0) is 4.74 Å². The molecule has 0 radical (unpaired) electrons. The molecule has 2 atom stereocenters. The Morgan fingerprint density at radius 2 is 2.29 bits per heavy atom. The van der Waals surface area contributed by atoms with Crippen LogP contribution < -0.4 is 4.90 Å². The molecule has 4 heteroatoms. The lowest BCUT2D eigenvalue weighted by Crippen LogP contribution is -2.24. The third-order valence-corrected chi connectivity index (χ3v) is 3.27. The first-order valence-corrected chi connectivity index (χ1v) is 5.87. The standard InChI is InChI=1S/C13H18FNO2/c1-9(16)13-11(14)4-3-5-12(13)15-7-6-10(8-15)17-2/h3-5,9-10,16H,6-8H2,1-2H3. The maximum Gasteiger partial charge on any atom is 0.131 e. The summed E-state index contributed by atoms with van der Waals surface area (Å²) >= 11 is 0. The summed E-state index contributed by atoms with van der Waals surface area (Å²) in [6, 6.07) is 4.91. The molecular weight excluding hydrogens is 221 g/mol. The summed E-state index contributed by atoms with van der Waals surface area (Å²) in [4.78, 5) is 2.07. The van der Waals surface area contributed by atoms with Crippen molar-refractivity contribution in [1.29, 1.82) is 0 Å². The monoisotopic (exact) mass is 239 g/mol. The zero-order valence-corrected chi connectivity index (χ0v) is 10.2. The van der Waals surface area contributed by atoms with Gasteiger partial charge < -0.3 is 14.7 Å². The number of aliphatic hydroxyl groups is 1. The van der Waals surface area contributed by atoms with Gasteiger partial charge in [0.15, 0.2) is 0 Å². The van der Waals surface area contributed by atoms with E-state index in [1.165, 1.54) is 6.07 Å². The summed E-state index contributed by atoms with van der Waals surface area (Å²) in [7, 11) is 1.69. The summed E-state index contributed by atoms with van der Waals surface area (Å²) in [6.45, 7) is 3.17. The second-order valence-electron chi connectivity index (χ2n) is 4.44. The van der Waals surface area contributed by atoms with Gasteiger partial charge in [0.05, 0.1) is 12.2 Å². The summed E-state index contributed by atoms with van der Waals surface area (Å²) in [5.74, 6) is -0.349. The summed E-state index contributed by atoms with van der Waals surface area (Å²) in [5, 5.41) is 9.67. The lowest BCUT2D eigenvalue weighted by molar-refractivity contribution is 0.121. The highest BCUT2D eigenvalue weighted by Crippen LogP contribution is 2.31. The number of aliphatic hydroxyl groups excluding tert-OH is 1. The van der Waals surface area contributed by atoms with Gasteiger partial charge in [-0.2, -0.15) is 0 Å². The molecule has 1 fully saturated rings. The largest absolute Gasteiger partial charge is 0.389 e. The first-order valence-electron chi connectivity index (χ1n) is 5.87. The van der Waals surface area contributed by atoms with Crippen molar-refractivity contribution in [1.82, 2.24) is 0 Å². The molecule has 0 aromatic heterocycles. The van der Waals surface area contributed by atoms with Crippen molar-refractivity contribution in [2.45, 2.75) is 25.6 Å². The Bertz CT molecular complexity index is 395. The number of benzene rings is 1. The van der Waals surface area contributed by atoms with Gasteiger partial charge in [0, 0.05) is 31.5 Å². The van der Waals surface area contributed by atoms with Gasteiger partial charge in [-0.15, -0.1) is 0 Å².